The molecule has 0 fully saturated rings. The van der Waals surface area contributed by atoms with Crippen molar-refractivity contribution in [1.82, 2.24) is 15.5 Å². The number of nitrogens with zero attached hydrogens (tertiary/aromatic N) is 1. The van der Waals surface area contributed by atoms with Crippen LogP contribution in [0.15, 0.2) is 30.3 Å². The third-order valence-electron chi connectivity index (χ3n) is 3.31. The fraction of sp³-hybridized carbons (Fsp3) is 0.412. The normalized spacial score (nSPS) is 12.0. The highest BCUT2D eigenvalue weighted by Crippen LogP contribution is 2.12. The molecule has 1 aromatic carbocycles. The number of benzene rings is 1. The number of aliphatic hydroxyl groups is 1. The Bertz CT molecular complexity index is 640. The average Bonchev–Trinajstić information content (AvgIpc) is 3.00. The van der Waals surface area contributed by atoms with Crippen molar-refractivity contribution in [3.8, 4) is 5.75 Å². The van der Waals surface area contributed by atoms with E-state index in [9.17, 15) is 9.90 Å². The molecule has 1 amide bonds. The molecule has 3 N–H and O–H groups in total. The van der Waals surface area contributed by atoms with Gasteiger partial charge in [-0.15, -0.1) is 0 Å². The Balaban J connectivity index is 1.74. The number of aromatic amines is 1. The molecule has 1 heterocycles. The molecule has 0 aliphatic heterocycles. The molecule has 2 aromatic rings. The molecule has 1 atom stereocenters. The van der Waals surface area contributed by atoms with E-state index in [0.29, 0.717) is 11.4 Å². The predicted molar refractivity (Wildman–Crippen MR) is 87.6 cm³/mol. The van der Waals surface area contributed by atoms with Crippen LogP contribution in [0.3, 0.4) is 0 Å². The molecular formula is C17H23N3O3. The van der Waals surface area contributed by atoms with E-state index in [1.807, 2.05) is 31.2 Å². The minimum Gasteiger partial charge on any atom is -0.491 e. The van der Waals surface area contributed by atoms with Crippen LogP contribution in [0.25, 0.3) is 0 Å². The van der Waals surface area contributed by atoms with Gasteiger partial charge in [0.15, 0.2) is 0 Å². The maximum atomic E-state index is 11.9. The number of aliphatic hydroxyl groups excluding tert-OH is 1. The van der Waals surface area contributed by atoms with Gasteiger partial charge in [0, 0.05) is 12.2 Å². The Morgan fingerprint density at radius 1 is 1.43 bits per heavy atom. The summed E-state index contributed by atoms with van der Waals surface area (Å²) in [6, 6.07) is 9.32. The average molecular weight is 317 g/mol. The van der Waals surface area contributed by atoms with Gasteiger partial charge >= 0.3 is 0 Å². The quantitative estimate of drug-likeness (QED) is 0.693. The monoisotopic (exact) mass is 317 g/mol. The summed E-state index contributed by atoms with van der Waals surface area (Å²) in [7, 11) is 0. The Kier molecular flexibility index (Phi) is 6.17. The number of aryl methyl sites for hydroxylation is 2. The molecule has 2 rings (SSSR count). The summed E-state index contributed by atoms with van der Waals surface area (Å²) in [6.07, 6.45) is 1.06. The molecule has 124 valence electrons. The van der Waals surface area contributed by atoms with Gasteiger partial charge in [0.2, 0.25) is 0 Å². The van der Waals surface area contributed by atoms with Gasteiger partial charge in [-0.2, -0.15) is 5.10 Å². The summed E-state index contributed by atoms with van der Waals surface area (Å²) in [5.74, 6) is 0.394. The second-order valence-electron chi connectivity index (χ2n) is 5.52. The largest absolute Gasteiger partial charge is 0.491 e. The minimum absolute atomic E-state index is 0.112. The molecule has 0 spiro atoms. The molecule has 6 heteroatoms. The van der Waals surface area contributed by atoms with E-state index in [0.717, 1.165) is 24.1 Å². The zero-order chi connectivity index (χ0) is 16.7. The van der Waals surface area contributed by atoms with Crippen molar-refractivity contribution in [2.45, 2.75) is 32.8 Å². The van der Waals surface area contributed by atoms with Crippen LogP contribution < -0.4 is 10.1 Å². The zero-order valence-corrected chi connectivity index (χ0v) is 13.5. The van der Waals surface area contributed by atoms with Gasteiger partial charge in [-0.3, -0.25) is 9.89 Å². The van der Waals surface area contributed by atoms with Crippen LogP contribution in [0.1, 0.15) is 35.1 Å². The third kappa shape index (κ3) is 5.41. The van der Waals surface area contributed by atoms with Gasteiger partial charge in [-0.25, -0.2) is 0 Å². The predicted octanol–water partition coefficient (Wildman–Crippen LogP) is 1.84. The summed E-state index contributed by atoms with van der Waals surface area (Å²) in [4.78, 5) is 11.9. The van der Waals surface area contributed by atoms with Crippen molar-refractivity contribution < 1.29 is 14.6 Å². The SMILES string of the molecule is CCCc1cc(C(=O)NCC(O)COc2cccc(C)c2)n[nH]1. The Labute approximate surface area is 135 Å². The number of hydrogen-bond donors (Lipinski definition) is 3. The summed E-state index contributed by atoms with van der Waals surface area (Å²) in [6.45, 7) is 4.26. The number of ether oxygens (including phenoxy) is 1. The first-order chi connectivity index (χ1) is 11.1. The van der Waals surface area contributed by atoms with Crippen LogP contribution >= 0.6 is 0 Å². The number of hydrogen-bond acceptors (Lipinski definition) is 4. The highest BCUT2D eigenvalue weighted by Gasteiger charge is 2.12. The van der Waals surface area contributed by atoms with E-state index in [4.69, 9.17) is 4.74 Å². The van der Waals surface area contributed by atoms with E-state index in [-0.39, 0.29) is 19.1 Å². The first kappa shape index (κ1) is 17.0. The third-order valence-corrected chi connectivity index (χ3v) is 3.31. The van der Waals surface area contributed by atoms with Crippen molar-refractivity contribution in [2.24, 2.45) is 0 Å². The first-order valence-electron chi connectivity index (χ1n) is 7.78. The molecule has 6 nitrogen and oxygen atoms in total. The Hall–Kier alpha value is -2.34. The summed E-state index contributed by atoms with van der Waals surface area (Å²) in [5.41, 5.74) is 2.35. The van der Waals surface area contributed by atoms with Gasteiger partial charge in [-0.1, -0.05) is 25.5 Å². The van der Waals surface area contributed by atoms with Crippen molar-refractivity contribution >= 4 is 5.91 Å². The van der Waals surface area contributed by atoms with Gasteiger partial charge in [0.05, 0.1) is 0 Å². The number of aromatic nitrogens is 2. The lowest BCUT2D eigenvalue weighted by Gasteiger charge is -2.13. The van der Waals surface area contributed by atoms with Crippen LogP contribution in [0.5, 0.6) is 5.75 Å². The molecule has 1 aromatic heterocycles. The molecule has 23 heavy (non-hydrogen) atoms. The highest BCUT2D eigenvalue weighted by atomic mass is 16.5. The van der Waals surface area contributed by atoms with Gasteiger partial charge < -0.3 is 15.2 Å². The number of amides is 1. The van der Waals surface area contributed by atoms with E-state index in [2.05, 4.69) is 22.4 Å². The first-order valence-corrected chi connectivity index (χ1v) is 7.78. The van der Waals surface area contributed by atoms with Crippen molar-refractivity contribution in [3.05, 3.63) is 47.3 Å². The van der Waals surface area contributed by atoms with Crippen LogP contribution in [0, 0.1) is 6.92 Å². The standard InChI is InChI=1S/C17H23N3O3/c1-3-5-13-9-16(20-19-13)17(22)18-10-14(21)11-23-15-7-4-6-12(2)8-15/h4,6-9,14,21H,3,5,10-11H2,1-2H3,(H,18,22)(H,19,20). The number of H-pyrrole nitrogens is 1. The number of carbonyl (C=O) groups excluding carboxylic acids is 1. The minimum atomic E-state index is -0.784. The van der Waals surface area contributed by atoms with Gasteiger partial charge in [0.25, 0.3) is 5.91 Å². The fourth-order valence-electron chi connectivity index (χ4n) is 2.13. The topological polar surface area (TPSA) is 87.2 Å². The second kappa shape index (κ2) is 8.33. The van der Waals surface area contributed by atoms with E-state index in [1.165, 1.54) is 0 Å². The lowest BCUT2D eigenvalue weighted by atomic mass is 10.2. The van der Waals surface area contributed by atoms with Crippen LogP contribution in [0.2, 0.25) is 0 Å². The molecule has 0 radical (unpaired) electrons. The van der Waals surface area contributed by atoms with Gasteiger partial charge in [0.1, 0.15) is 24.2 Å². The van der Waals surface area contributed by atoms with Crippen LogP contribution in [-0.2, 0) is 6.42 Å². The van der Waals surface area contributed by atoms with Crippen molar-refractivity contribution in [3.63, 3.8) is 0 Å². The maximum Gasteiger partial charge on any atom is 0.271 e. The van der Waals surface area contributed by atoms with Crippen LogP contribution in [0.4, 0.5) is 0 Å². The maximum absolute atomic E-state index is 11.9. The van der Waals surface area contributed by atoms with E-state index in [1.54, 1.807) is 6.07 Å². The van der Waals surface area contributed by atoms with Crippen LogP contribution in [-0.4, -0.2) is 40.5 Å². The summed E-state index contributed by atoms with van der Waals surface area (Å²) in [5, 5.41) is 19.3. The lowest BCUT2D eigenvalue weighted by molar-refractivity contribution is 0.0840. The number of carbonyl (C=O) groups is 1. The molecule has 0 bridgehead atoms. The Morgan fingerprint density at radius 3 is 3.00 bits per heavy atom. The zero-order valence-electron chi connectivity index (χ0n) is 13.5. The molecular weight excluding hydrogens is 294 g/mol. The molecule has 0 saturated heterocycles. The van der Waals surface area contributed by atoms with E-state index < -0.39 is 6.10 Å². The second-order valence-corrected chi connectivity index (χ2v) is 5.52. The van der Waals surface area contributed by atoms with Crippen molar-refractivity contribution in [1.29, 1.82) is 0 Å². The molecule has 0 aliphatic rings. The van der Waals surface area contributed by atoms with Gasteiger partial charge in [-0.05, 0) is 37.1 Å². The summed E-state index contributed by atoms with van der Waals surface area (Å²) < 4.78 is 5.50. The summed E-state index contributed by atoms with van der Waals surface area (Å²) >= 11 is 0. The smallest absolute Gasteiger partial charge is 0.271 e. The van der Waals surface area contributed by atoms with E-state index >= 15 is 0 Å². The molecule has 0 saturated carbocycles. The number of rotatable bonds is 8. The number of nitrogens with one attached hydrogen (secondary N) is 2. The fourth-order valence-corrected chi connectivity index (χ4v) is 2.13. The lowest BCUT2D eigenvalue weighted by Crippen LogP contribution is -2.35. The highest BCUT2D eigenvalue weighted by molar-refractivity contribution is 5.92. The Morgan fingerprint density at radius 2 is 2.26 bits per heavy atom. The molecule has 0 aliphatic carbocycles. The van der Waals surface area contributed by atoms with Crippen molar-refractivity contribution in [2.75, 3.05) is 13.2 Å². The molecule has 1 unspecified atom stereocenters.